The fraction of sp³-hybridized carbons (Fsp3) is 0.800. The number of hydrogen-bond donors (Lipinski definition) is 4. The van der Waals surface area contributed by atoms with Crippen LogP contribution in [0.5, 0.6) is 0 Å². The molecule has 2 atom stereocenters. The molecule has 4 N–H and O–H groups in total. The van der Waals surface area contributed by atoms with Gasteiger partial charge in [-0.05, 0) is 54.4 Å². The maximum Gasteiger partial charge on any atom is 0.407 e. The zero-order valence-electron chi connectivity index (χ0n) is 18.7. The van der Waals surface area contributed by atoms with Crippen molar-refractivity contribution in [2.45, 2.75) is 90.6 Å². The van der Waals surface area contributed by atoms with Crippen LogP contribution in [0.15, 0.2) is 0 Å². The van der Waals surface area contributed by atoms with Crippen LogP contribution in [0.25, 0.3) is 0 Å². The number of ether oxygens (including phenoxy) is 2. The smallest absolute Gasteiger partial charge is 0.407 e. The fourth-order valence-electron chi connectivity index (χ4n) is 2.18. The zero-order chi connectivity index (χ0) is 23.5. The highest BCUT2D eigenvalue weighted by atomic mass is 16.6. The van der Waals surface area contributed by atoms with Crippen molar-refractivity contribution in [3.05, 3.63) is 0 Å². The Kier molecular flexibility index (Phi) is 11.6. The first-order chi connectivity index (χ1) is 13.6. The van der Waals surface area contributed by atoms with E-state index in [1.165, 1.54) is 0 Å². The number of aliphatic hydroxyl groups is 2. The molecule has 0 aliphatic heterocycles. The van der Waals surface area contributed by atoms with E-state index in [1.54, 1.807) is 41.5 Å². The molecular formula is C20H36N2O8. The average Bonchev–Trinajstić information content (AvgIpc) is 2.57. The Morgan fingerprint density at radius 1 is 0.767 bits per heavy atom. The molecular weight excluding hydrogens is 396 g/mol. The predicted octanol–water partition coefficient (Wildman–Crippen LogP) is 0.820. The van der Waals surface area contributed by atoms with Crippen LogP contribution >= 0.6 is 0 Å². The summed E-state index contributed by atoms with van der Waals surface area (Å²) in [5.74, 6) is -2.04. The third kappa shape index (κ3) is 13.9. The molecule has 0 saturated heterocycles. The number of amides is 2. The third-order valence-corrected chi connectivity index (χ3v) is 3.44. The van der Waals surface area contributed by atoms with Gasteiger partial charge in [0.05, 0.1) is 0 Å². The van der Waals surface area contributed by atoms with Gasteiger partial charge in [0.15, 0.2) is 11.9 Å². The summed E-state index contributed by atoms with van der Waals surface area (Å²) in [6.07, 6.45) is -3.98. The number of nitrogens with one attached hydrogen (secondary N) is 2. The minimum Gasteiger partial charge on any atom is -0.460 e. The van der Waals surface area contributed by atoms with Crippen LogP contribution in [0.2, 0.25) is 0 Å². The van der Waals surface area contributed by atoms with Gasteiger partial charge in [-0.2, -0.15) is 0 Å². The van der Waals surface area contributed by atoms with Crippen molar-refractivity contribution in [1.82, 2.24) is 10.6 Å². The Bertz CT molecular complexity index is 541. The lowest BCUT2D eigenvalue weighted by molar-refractivity contribution is -0.155. The summed E-state index contributed by atoms with van der Waals surface area (Å²) >= 11 is 0. The van der Waals surface area contributed by atoms with Crippen molar-refractivity contribution in [2.24, 2.45) is 0 Å². The van der Waals surface area contributed by atoms with Crippen molar-refractivity contribution < 1.29 is 38.9 Å². The Morgan fingerprint density at radius 3 is 1.80 bits per heavy atom. The molecule has 10 nitrogen and oxygen atoms in total. The molecule has 30 heavy (non-hydrogen) atoms. The number of aliphatic hydroxyl groups excluding tert-OH is 2. The second-order valence-electron chi connectivity index (χ2n) is 8.87. The van der Waals surface area contributed by atoms with E-state index < -0.39 is 47.2 Å². The van der Waals surface area contributed by atoms with E-state index >= 15 is 0 Å². The topological polar surface area (TPSA) is 151 Å². The molecule has 10 heteroatoms. The minimum absolute atomic E-state index is 0.0792. The van der Waals surface area contributed by atoms with Crippen molar-refractivity contribution in [3.8, 4) is 0 Å². The number of rotatable bonds is 11. The number of carbonyl (C=O) groups is 4. The third-order valence-electron chi connectivity index (χ3n) is 3.44. The highest BCUT2D eigenvalue weighted by Gasteiger charge is 2.29. The van der Waals surface area contributed by atoms with Gasteiger partial charge < -0.3 is 30.3 Å². The Labute approximate surface area is 177 Å². The molecule has 0 aliphatic carbocycles. The summed E-state index contributed by atoms with van der Waals surface area (Å²) in [5, 5.41) is 24.5. The Morgan fingerprint density at radius 2 is 1.27 bits per heavy atom. The van der Waals surface area contributed by atoms with Crippen LogP contribution in [0.4, 0.5) is 4.79 Å². The molecule has 0 aromatic carbocycles. The van der Waals surface area contributed by atoms with Crippen molar-refractivity contribution in [2.75, 3.05) is 13.1 Å². The number of hydrogen-bond acceptors (Lipinski definition) is 8. The van der Waals surface area contributed by atoms with Crippen LogP contribution in [-0.2, 0) is 23.9 Å². The molecule has 0 rings (SSSR count). The lowest BCUT2D eigenvalue weighted by Gasteiger charge is -2.20. The summed E-state index contributed by atoms with van der Waals surface area (Å²) in [7, 11) is 0. The van der Waals surface area contributed by atoms with Crippen molar-refractivity contribution >= 4 is 23.8 Å². The molecule has 0 bridgehead atoms. The monoisotopic (exact) mass is 432 g/mol. The lowest BCUT2D eigenvalue weighted by Crippen LogP contribution is -2.46. The van der Waals surface area contributed by atoms with E-state index in [4.69, 9.17) is 9.47 Å². The van der Waals surface area contributed by atoms with Gasteiger partial charge in [-0.25, -0.2) is 4.79 Å². The number of carbonyl (C=O) groups excluding carboxylic acids is 4. The first kappa shape index (κ1) is 27.8. The molecule has 0 aromatic rings. The van der Waals surface area contributed by atoms with E-state index in [0.29, 0.717) is 0 Å². The fourth-order valence-corrected chi connectivity index (χ4v) is 2.18. The minimum atomic E-state index is -1.92. The van der Waals surface area contributed by atoms with Crippen LogP contribution < -0.4 is 10.6 Å². The van der Waals surface area contributed by atoms with Gasteiger partial charge in [0.2, 0.25) is 0 Å². The van der Waals surface area contributed by atoms with Gasteiger partial charge in [0.25, 0.3) is 5.91 Å². The van der Waals surface area contributed by atoms with Gasteiger partial charge in [-0.1, -0.05) is 0 Å². The van der Waals surface area contributed by atoms with E-state index in [-0.39, 0.29) is 38.8 Å². The summed E-state index contributed by atoms with van der Waals surface area (Å²) in [6, 6.07) is 0. The number of Topliss-reactive ketones (excluding diaryl/α,β-unsaturated/α-hetero) is 1. The normalized spacial score (nSPS) is 13.7. The number of esters is 1. The van der Waals surface area contributed by atoms with E-state index in [9.17, 15) is 29.4 Å². The largest absolute Gasteiger partial charge is 0.460 e. The zero-order valence-corrected chi connectivity index (χ0v) is 18.7. The predicted molar refractivity (Wildman–Crippen MR) is 109 cm³/mol. The summed E-state index contributed by atoms with van der Waals surface area (Å²) < 4.78 is 10.2. The summed E-state index contributed by atoms with van der Waals surface area (Å²) in [6.45, 7) is 10.6. The van der Waals surface area contributed by atoms with E-state index in [2.05, 4.69) is 10.6 Å². The molecule has 0 aromatic heterocycles. The van der Waals surface area contributed by atoms with Gasteiger partial charge in [-0.15, -0.1) is 0 Å². The van der Waals surface area contributed by atoms with Crippen molar-refractivity contribution in [1.29, 1.82) is 0 Å². The Hall–Kier alpha value is -2.20. The standard InChI is InChI=1S/C20H36N2O8/c1-19(2,3)29-14(24)10-8-11-21-17(27)16(26)15(25)13(23)9-7-12-22-18(28)30-20(4,5)6/h15-16,25-26H,7-12H2,1-6H3,(H,21,27)(H,22,28)/t15-,16+/m0/s1. The van der Waals surface area contributed by atoms with Crippen LogP contribution in [-0.4, -0.2) is 70.5 Å². The molecule has 0 heterocycles. The first-order valence-corrected chi connectivity index (χ1v) is 9.97. The van der Waals surface area contributed by atoms with Crippen LogP contribution in [0.1, 0.15) is 67.2 Å². The highest BCUT2D eigenvalue weighted by molar-refractivity contribution is 5.91. The molecule has 2 amide bonds. The van der Waals surface area contributed by atoms with Gasteiger partial charge in [0.1, 0.15) is 17.3 Å². The van der Waals surface area contributed by atoms with Gasteiger partial charge >= 0.3 is 12.1 Å². The number of ketones is 1. The van der Waals surface area contributed by atoms with E-state index in [1.807, 2.05) is 0 Å². The number of alkyl carbamates (subject to hydrolysis) is 1. The van der Waals surface area contributed by atoms with Crippen LogP contribution in [0, 0.1) is 0 Å². The molecule has 0 radical (unpaired) electrons. The Balaban J connectivity index is 4.12. The van der Waals surface area contributed by atoms with Crippen molar-refractivity contribution in [3.63, 3.8) is 0 Å². The molecule has 174 valence electrons. The molecule has 0 aliphatic rings. The maximum atomic E-state index is 11.9. The second kappa shape index (κ2) is 12.5. The van der Waals surface area contributed by atoms with Gasteiger partial charge in [0, 0.05) is 25.9 Å². The summed E-state index contributed by atoms with van der Waals surface area (Å²) in [4.78, 5) is 46.8. The van der Waals surface area contributed by atoms with Gasteiger partial charge in [-0.3, -0.25) is 14.4 Å². The SMILES string of the molecule is CC(C)(C)OC(=O)CCCNC(=O)[C@H](O)[C@@H](O)C(=O)CCCNC(=O)OC(C)(C)C. The molecule has 0 fully saturated rings. The first-order valence-electron chi connectivity index (χ1n) is 9.97. The maximum absolute atomic E-state index is 11.9. The van der Waals surface area contributed by atoms with E-state index in [0.717, 1.165) is 0 Å². The highest BCUT2D eigenvalue weighted by Crippen LogP contribution is 2.09. The van der Waals surface area contributed by atoms with Crippen LogP contribution in [0.3, 0.4) is 0 Å². The quantitative estimate of drug-likeness (QED) is 0.277. The molecule has 0 unspecified atom stereocenters. The summed E-state index contributed by atoms with van der Waals surface area (Å²) in [5.41, 5.74) is -1.23. The lowest BCUT2D eigenvalue weighted by atomic mass is 10.0. The average molecular weight is 433 g/mol. The molecule has 0 saturated carbocycles. The molecule has 0 spiro atoms. The second-order valence-corrected chi connectivity index (χ2v) is 8.87.